The molecule has 2 nitrogen and oxygen atoms in total. The lowest BCUT2D eigenvalue weighted by molar-refractivity contribution is 0.354. The van der Waals surface area contributed by atoms with E-state index in [0.29, 0.717) is 0 Å². The minimum absolute atomic E-state index is 0.0511. The zero-order valence-corrected chi connectivity index (χ0v) is 17.8. The predicted molar refractivity (Wildman–Crippen MR) is 131 cm³/mol. The summed E-state index contributed by atoms with van der Waals surface area (Å²) >= 11 is 0. The molecule has 0 N–H and O–H groups in total. The predicted octanol–water partition coefficient (Wildman–Crippen LogP) is 5.65. The van der Waals surface area contributed by atoms with Gasteiger partial charge in [-0.2, -0.15) is 21.0 Å². The van der Waals surface area contributed by atoms with Gasteiger partial charge in [-0.1, -0.05) is 72.8 Å². The standard InChI is InChI=1S/C24H23BO2S2/c1-3-9-21(10-4-1)17-28-15-7-13-23(19-28)26-25-27-24-14-8-16-29(20-24)18-22-11-5-2-6-12-22/h1-16,19-20,25H,17-18H2. The SMILES string of the molecule is B(OC1=CC=CS(Cc2ccccc2)=C1)OC1=CC=CS(Cc2ccccc2)=C1. The molecule has 0 spiro atoms. The molecule has 2 atom stereocenters. The highest BCUT2D eigenvalue weighted by Crippen LogP contribution is 2.26. The first kappa shape index (κ1) is 19.8. The van der Waals surface area contributed by atoms with Crippen molar-refractivity contribution in [2.75, 3.05) is 0 Å². The Morgan fingerprint density at radius 3 is 1.52 bits per heavy atom. The summed E-state index contributed by atoms with van der Waals surface area (Å²) in [4.78, 5) is 0. The molecule has 5 heteroatoms. The molecule has 146 valence electrons. The number of hydrogen-bond acceptors (Lipinski definition) is 2. The second-order valence-electron chi connectivity index (χ2n) is 6.64. The normalized spacial score (nSPS) is 20.0. The van der Waals surface area contributed by atoms with Crippen LogP contribution >= 0.6 is 21.0 Å². The third kappa shape index (κ3) is 6.24. The smallest absolute Gasteiger partial charge is 0.528 e. The topological polar surface area (TPSA) is 18.5 Å². The quantitative estimate of drug-likeness (QED) is 0.407. The van der Waals surface area contributed by atoms with Gasteiger partial charge < -0.3 is 9.31 Å². The highest BCUT2D eigenvalue weighted by Gasteiger charge is 2.07. The molecule has 2 aliphatic rings. The van der Waals surface area contributed by atoms with Crippen LogP contribution in [0.1, 0.15) is 11.1 Å². The largest absolute Gasteiger partial charge is 0.576 e. The Kier molecular flexibility index (Phi) is 7.05. The van der Waals surface area contributed by atoms with Crippen molar-refractivity contribution >= 4 is 39.4 Å². The van der Waals surface area contributed by atoms with Gasteiger partial charge in [-0.15, -0.1) is 0 Å². The molecule has 0 bridgehead atoms. The van der Waals surface area contributed by atoms with Crippen LogP contribution in [0.5, 0.6) is 0 Å². The Bertz CT molecular complexity index is 936. The maximum absolute atomic E-state index is 5.86. The first-order valence-corrected chi connectivity index (χ1v) is 12.6. The first-order chi connectivity index (χ1) is 14.3. The molecule has 2 heterocycles. The van der Waals surface area contributed by atoms with Crippen LogP contribution in [0.25, 0.3) is 0 Å². The second-order valence-corrected chi connectivity index (χ2v) is 10.1. The van der Waals surface area contributed by atoms with E-state index in [1.807, 2.05) is 12.2 Å². The lowest BCUT2D eigenvalue weighted by atomic mass is 10.2. The Morgan fingerprint density at radius 1 is 0.621 bits per heavy atom. The number of rotatable bonds is 8. The van der Waals surface area contributed by atoms with Crippen molar-refractivity contribution in [1.29, 1.82) is 0 Å². The fourth-order valence-electron chi connectivity index (χ4n) is 2.97. The van der Waals surface area contributed by atoms with Crippen LogP contribution in [0, 0.1) is 0 Å². The zero-order chi connectivity index (χ0) is 19.7. The van der Waals surface area contributed by atoms with Crippen LogP contribution in [0.4, 0.5) is 0 Å². The van der Waals surface area contributed by atoms with E-state index in [0.717, 1.165) is 23.0 Å². The maximum Gasteiger partial charge on any atom is 0.576 e. The van der Waals surface area contributed by atoms with E-state index < -0.39 is 0 Å². The Hall–Kier alpha value is -2.50. The van der Waals surface area contributed by atoms with Gasteiger partial charge in [0.05, 0.1) is 0 Å². The monoisotopic (exact) mass is 418 g/mol. The Labute approximate surface area is 178 Å². The fraction of sp³-hybridized carbons (Fsp3) is 0.0833. The van der Waals surface area contributed by atoms with E-state index in [4.69, 9.17) is 9.31 Å². The summed E-state index contributed by atoms with van der Waals surface area (Å²) < 4.78 is 11.7. The molecule has 0 saturated heterocycles. The summed E-state index contributed by atoms with van der Waals surface area (Å²) in [6.45, 7) is 0. The number of benzene rings is 2. The van der Waals surface area contributed by atoms with Gasteiger partial charge in [0.1, 0.15) is 11.5 Å². The van der Waals surface area contributed by atoms with Gasteiger partial charge in [0.25, 0.3) is 0 Å². The lowest BCUT2D eigenvalue weighted by Gasteiger charge is -2.15. The van der Waals surface area contributed by atoms with Crippen LogP contribution in [0.3, 0.4) is 0 Å². The van der Waals surface area contributed by atoms with Gasteiger partial charge >= 0.3 is 7.69 Å². The van der Waals surface area contributed by atoms with Crippen LogP contribution in [0.2, 0.25) is 0 Å². The zero-order valence-electron chi connectivity index (χ0n) is 16.1. The Balaban J connectivity index is 1.28. The number of allylic oxidation sites excluding steroid dienone is 6. The molecule has 29 heavy (non-hydrogen) atoms. The van der Waals surface area contributed by atoms with Crippen molar-refractivity contribution < 1.29 is 9.31 Å². The Morgan fingerprint density at radius 2 is 1.07 bits per heavy atom. The number of hydrogen-bond donors (Lipinski definition) is 0. The maximum atomic E-state index is 5.86. The van der Waals surface area contributed by atoms with Crippen molar-refractivity contribution in [3.8, 4) is 0 Å². The van der Waals surface area contributed by atoms with Crippen molar-refractivity contribution in [1.82, 2.24) is 0 Å². The van der Waals surface area contributed by atoms with E-state index in [-0.39, 0.29) is 28.7 Å². The third-order valence-corrected chi connectivity index (χ3v) is 7.78. The van der Waals surface area contributed by atoms with Crippen molar-refractivity contribution in [3.63, 3.8) is 0 Å². The summed E-state index contributed by atoms with van der Waals surface area (Å²) in [6.07, 6.45) is 8.15. The average Bonchev–Trinajstić information content (AvgIpc) is 2.76. The van der Waals surface area contributed by atoms with Gasteiger partial charge in [-0.25, -0.2) is 0 Å². The molecule has 0 aliphatic carbocycles. The van der Waals surface area contributed by atoms with E-state index in [9.17, 15) is 0 Å². The molecule has 0 aromatic heterocycles. The molecule has 2 aromatic carbocycles. The highest BCUT2D eigenvalue weighted by molar-refractivity contribution is 8.17. The third-order valence-electron chi connectivity index (χ3n) is 4.37. The molecule has 0 radical (unpaired) electrons. The molecule has 2 aliphatic heterocycles. The average molecular weight is 418 g/mol. The molecule has 0 saturated carbocycles. The molecule has 4 rings (SSSR count). The van der Waals surface area contributed by atoms with Crippen LogP contribution in [-0.2, 0) is 20.8 Å². The molecule has 0 amide bonds. The van der Waals surface area contributed by atoms with Gasteiger partial charge in [-0.3, -0.25) is 0 Å². The van der Waals surface area contributed by atoms with Crippen LogP contribution < -0.4 is 0 Å². The van der Waals surface area contributed by atoms with Gasteiger partial charge in [0, 0.05) is 22.2 Å². The highest BCUT2D eigenvalue weighted by atomic mass is 32.2. The van der Waals surface area contributed by atoms with Gasteiger partial charge in [-0.05, 0) is 34.1 Å². The van der Waals surface area contributed by atoms with Crippen molar-refractivity contribution in [2.45, 2.75) is 11.5 Å². The minimum Gasteiger partial charge on any atom is -0.528 e. The van der Waals surface area contributed by atoms with Crippen LogP contribution in [0.15, 0.2) is 107 Å². The molecular weight excluding hydrogens is 395 g/mol. The minimum atomic E-state index is 0.0511. The van der Waals surface area contributed by atoms with Gasteiger partial charge in [0.2, 0.25) is 0 Å². The van der Waals surface area contributed by atoms with Crippen molar-refractivity contribution in [3.05, 3.63) is 118 Å². The first-order valence-electron chi connectivity index (χ1n) is 9.52. The van der Waals surface area contributed by atoms with E-state index in [2.05, 4.69) is 94.4 Å². The van der Waals surface area contributed by atoms with Gasteiger partial charge in [0.15, 0.2) is 0 Å². The summed E-state index contributed by atoms with van der Waals surface area (Å²) in [5.41, 5.74) is 2.68. The second kappa shape index (κ2) is 10.3. The summed E-state index contributed by atoms with van der Waals surface area (Å²) in [5.74, 6) is 3.76. The van der Waals surface area contributed by atoms with E-state index in [1.165, 1.54) is 11.1 Å². The molecule has 2 aromatic rings. The molecular formula is C24H23BO2S2. The molecule has 0 fully saturated rings. The summed E-state index contributed by atoms with van der Waals surface area (Å²) in [7, 11) is 0.322. The van der Waals surface area contributed by atoms with Crippen LogP contribution in [-0.4, -0.2) is 18.4 Å². The van der Waals surface area contributed by atoms with E-state index >= 15 is 0 Å². The van der Waals surface area contributed by atoms with E-state index in [1.54, 1.807) is 0 Å². The summed E-state index contributed by atoms with van der Waals surface area (Å²) in [6, 6.07) is 21.1. The van der Waals surface area contributed by atoms with Crippen molar-refractivity contribution in [2.24, 2.45) is 0 Å². The lowest BCUT2D eigenvalue weighted by Crippen LogP contribution is -2.07. The fourth-order valence-corrected chi connectivity index (χ4v) is 6.09. The molecule has 2 unspecified atom stereocenters. The summed E-state index contributed by atoms with van der Waals surface area (Å²) in [5, 5.41) is 8.85.